The van der Waals surface area contributed by atoms with Crippen LogP contribution >= 0.6 is 11.6 Å². The van der Waals surface area contributed by atoms with Crippen LogP contribution in [0.5, 0.6) is 0 Å². The summed E-state index contributed by atoms with van der Waals surface area (Å²) in [7, 11) is 0. The number of hydrogen-bond donors (Lipinski definition) is 1. The molecule has 1 atom stereocenters. The number of benzene rings is 1. The topological polar surface area (TPSA) is 38.0 Å². The number of aliphatic hydroxyl groups excluding tert-OH is 1. The van der Waals surface area contributed by atoms with E-state index in [-0.39, 0.29) is 22.3 Å². The fourth-order valence-corrected chi connectivity index (χ4v) is 2.13. The second-order valence-electron chi connectivity index (χ2n) is 4.46. The molecule has 0 amide bonds. The molecule has 2 rings (SSSR count). The van der Waals surface area contributed by atoms with Crippen molar-refractivity contribution in [2.24, 2.45) is 0 Å². The molecule has 0 bridgehead atoms. The molecule has 0 saturated heterocycles. The predicted molar refractivity (Wildman–Crippen MR) is 68.0 cm³/mol. The van der Waals surface area contributed by atoms with Crippen LogP contribution in [0.15, 0.2) is 24.4 Å². The van der Waals surface area contributed by atoms with Crippen molar-refractivity contribution in [2.45, 2.75) is 26.0 Å². The maximum atomic E-state index is 13.7. The Morgan fingerprint density at radius 3 is 2.63 bits per heavy atom. The maximum absolute atomic E-state index is 13.7. The fraction of sp³-hybridized carbons (Fsp3) is 0.308. The molecule has 1 aromatic heterocycles. The monoisotopic (exact) mass is 286 g/mol. The van der Waals surface area contributed by atoms with Crippen molar-refractivity contribution < 1.29 is 13.9 Å². The van der Waals surface area contributed by atoms with Gasteiger partial charge in [-0.15, -0.1) is 0 Å². The highest BCUT2D eigenvalue weighted by molar-refractivity contribution is 6.31. The van der Waals surface area contributed by atoms with E-state index in [9.17, 15) is 13.9 Å². The molecular formula is C13H13ClF2N2O. The molecule has 102 valence electrons. The molecule has 1 N–H and O–H groups in total. The van der Waals surface area contributed by atoms with Gasteiger partial charge < -0.3 is 5.11 Å². The minimum Gasteiger partial charge on any atom is -0.382 e. The number of halogens is 3. The summed E-state index contributed by atoms with van der Waals surface area (Å²) in [4.78, 5) is 0. The summed E-state index contributed by atoms with van der Waals surface area (Å²) in [6.45, 7) is 3.70. The van der Waals surface area contributed by atoms with Gasteiger partial charge in [0.2, 0.25) is 0 Å². The Bertz CT molecular complexity index is 598. The van der Waals surface area contributed by atoms with Crippen LogP contribution in [0.3, 0.4) is 0 Å². The highest BCUT2D eigenvalue weighted by Gasteiger charge is 2.24. The van der Waals surface area contributed by atoms with Gasteiger partial charge in [0.1, 0.15) is 6.10 Å². The molecule has 2 aromatic rings. The Balaban J connectivity index is 2.53. The second-order valence-corrected chi connectivity index (χ2v) is 4.87. The van der Waals surface area contributed by atoms with E-state index in [1.54, 1.807) is 0 Å². The highest BCUT2D eigenvalue weighted by atomic mass is 35.5. The first-order valence-electron chi connectivity index (χ1n) is 5.78. The zero-order valence-electron chi connectivity index (χ0n) is 10.4. The lowest BCUT2D eigenvalue weighted by molar-refractivity contribution is 0.198. The SMILES string of the molecule is CC(C)n1ncc(Cl)c1C(O)c1cccc(F)c1F. The molecule has 0 aliphatic heterocycles. The Morgan fingerprint density at radius 1 is 1.32 bits per heavy atom. The molecule has 0 radical (unpaired) electrons. The van der Waals surface area contributed by atoms with Gasteiger partial charge in [-0.1, -0.05) is 23.7 Å². The van der Waals surface area contributed by atoms with Crippen molar-refractivity contribution in [2.75, 3.05) is 0 Å². The summed E-state index contributed by atoms with van der Waals surface area (Å²) in [5.74, 6) is -2.09. The van der Waals surface area contributed by atoms with Crippen LogP contribution in [0.1, 0.15) is 37.3 Å². The van der Waals surface area contributed by atoms with E-state index in [1.165, 1.54) is 23.0 Å². The van der Waals surface area contributed by atoms with Gasteiger partial charge in [-0.3, -0.25) is 4.68 Å². The lowest BCUT2D eigenvalue weighted by atomic mass is 10.1. The molecule has 0 saturated carbocycles. The van der Waals surface area contributed by atoms with Gasteiger partial charge in [0.25, 0.3) is 0 Å². The lowest BCUT2D eigenvalue weighted by Gasteiger charge is -2.17. The van der Waals surface area contributed by atoms with E-state index in [2.05, 4.69) is 5.10 Å². The Morgan fingerprint density at radius 2 is 2.00 bits per heavy atom. The fourth-order valence-electron chi connectivity index (χ4n) is 1.90. The molecule has 1 aromatic carbocycles. The summed E-state index contributed by atoms with van der Waals surface area (Å²) < 4.78 is 28.4. The van der Waals surface area contributed by atoms with Crippen LogP contribution in [0, 0.1) is 11.6 Å². The zero-order chi connectivity index (χ0) is 14.2. The normalized spacial score (nSPS) is 13.0. The minimum atomic E-state index is -1.37. The van der Waals surface area contributed by atoms with Gasteiger partial charge in [0.15, 0.2) is 11.6 Å². The van der Waals surface area contributed by atoms with Gasteiger partial charge >= 0.3 is 0 Å². The van der Waals surface area contributed by atoms with Gasteiger partial charge in [0, 0.05) is 11.6 Å². The first-order chi connectivity index (χ1) is 8.93. The highest BCUT2D eigenvalue weighted by Crippen LogP contribution is 2.31. The van der Waals surface area contributed by atoms with Crippen molar-refractivity contribution in [1.82, 2.24) is 9.78 Å². The Hall–Kier alpha value is -1.46. The van der Waals surface area contributed by atoms with E-state index < -0.39 is 17.7 Å². The lowest BCUT2D eigenvalue weighted by Crippen LogP contribution is -2.14. The summed E-state index contributed by atoms with van der Waals surface area (Å²) in [5, 5.41) is 14.5. The number of aliphatic hydroxyl groups is 1. The minimum absolute atomic E-state index is 0.0613. The summed E-state index contributed by atoms with van der Waals surface area (Å²) in [6.07, 6.45) is 0.00483. The van der Waals surface area contributed by atoms with Crippen molar-refractivity contribution in [3.63, 3.8) is 0 Å². The van der Waals surface area contributed by atoms with Crippen molar-refractivity contribution >= 4 is 11.6 Å². The second kappa shape index (κ2) is 5.27. The molecular weight excluding hydrogens is 274 g/mol. The molecule has 19 heavy (non-hydrogen) atoms. The van der Waals surface area contributed by atoms with Gasteiger partial charge in [0.05, 0.1) is 16.9 Å². The van der Waals surface area contributed by atoms with E-state index >= 15 is 0 Å². The van der Waals surface area contributed by atoms with E-state index in [0.717, 1.165) is 6.07 Å². The number of hydrogen-bond acceptors (Lipinski definition) is 2. The van der Waals surface area contributed by atoms with Crippen molar-refractivity contribution in [1.29, 1.82) is 0 Å². The first-order valence-corrected chi connectivity index (χ1v) is 6.16. The van der Waals surface area contributed by atoms with Gasteiger partial charge in [-0.05, 0) is 19.9 Å². The molecule has 3 nitrogen and oxygen atoms in total. The molecule has 6 heteroatoms. The summed E-state index contributed by atoms with van der Waals surface area (Å²) in [5.41, 5.74) is 0.0884. The number of nitrogens with zero attached hydrogens (tertiary/aromatic N) is 2. The molecule has 0 spiro atoms. The Labute approximate surface area is 114 Å². The van der Waals surface area contributed by atoms with Gasteiger partial charge in [-0.2, -0.15) is 5.10 Å². The quantitative estimate of drug-likeness (QED) is 0.938. The zero-order valence-corrected chi connectivity index (χ0v) is 11.2. The summed E-state index contributed by atoms with van der Waals surface area (Å²) >= 11 is 5.97. The Kier molecular flexibility index (Phi) is 3.87. The smallest absolute Gasteiger partial charge is 0.165 e. The van der Waals surface area contributed by atoms with Crippen LogP contribution in [0.25, 0.3) is 0 Å². The third-order valence-corrected chi connectivity index (χ3v) is 3.10. The summed E-state index contributed by atoms with van der Waals surface area (Å²) in [6, 6.07) is 3.58. The third-order valence-electron chi connectivity index (χ3n) is 2.81. The van der Waals surface area contributed by atoms with Crippen LogP contribution in [0.2, 0.25) is 5.02 Å². The molecule has 1 unspecified atom stereocenters. The van der Waals surface area contributed by atoms with E-state index in [1.807, 2.05) is 13.8 Å². The van der Waals surface area contributed by atoms with E-state index in [0.29, 0.717) is 0 Å². The van der Waals surface area contributed by atoms with Crippen LogP contribution in [0.4, 0.5) is 8.78 Å². The first kappa shape index (κ1) is 14.0. The predicted octanol–water partition coefficient (Wildman–Crippen LogP) is 3.48. The standard InChI is InChI=1S/C13H13ClF2N2O/c1-7(2)18-12(9(14)6-17-18)13(19)8-4-3-5-10(15)11(8)16/h3-7,13,19H,1-2H3. The molecule has 0 fully saturated rings. The molecule has 1 heterocycles. The van der Waals surface area contributed by atoms with Crippen molar-refractivity contribution in [3.8, 4) is 0 Å². The number of rotatable bonds is 3. The van der Waals surface area contributed by atoms with Crippen molar-refractivity contribution in [3.05, 3.63) is 52.3 Å². The van der Waals surface area contributed by atoms with Crippen LogP contribution in [-0.2, 0) is 0 Å². The van der Waals surface area contributed by atoms with E-state index in [4.69, 9.17) is 11.6 Å². The molecule has 0 aliphatic rings. The van der Waals surface area contributed by atoms with Crippen LogP contribution < -0.4 is 0 Å². The van der Waals surface area contributed by atoms with Gasteiger partial charge in [-0.25, -0.2) is 8.78 Å². The maximum Gasteiger partial charge on any atom is 0.165 e. The number of aromatic nitrogens is 2. The largest absolute Gasteiger partial charge is 0.382 e. The molecule has 0 aliphatic carbocycles. The van der Waals surface area contributed by atoms with Crippen LogP contribution in [-0.4, -0.2) is 14.9 Å². The average Bonchev–Trinajstić information content (AvgIpc) is 2.74. The third kappa shape index (κ3) is 2.48. The average molecular weight is 287 g/mol.